The van der Waals surface area contributed by atoms with E-state index in [1.54, 1.807) is 12.1 Å². The van der Waals surface area contributed by atoms with Gasteiger partial charge in [0, 0.05) is 31.2 Å². The second kappa shape index (κ2) is 5.59. The number of nitrogens with zero attached hydrogens (tertiary/aromatic N) is 1. The van der Waals surface area contributed by atoms with Crippen molar-refractivity contribution in [2.45, 2.75) is 13.0 Å². The van der Waals surface area contributed by atoms with Crippen molar-refractivity contribution in [1.82, 2.24) is 10.2 Å². The summed E-state index contributed by atoms with van der Waals surface area (Å²) in [5, 5.41) is 12.9. The number of piperazine rings is 1. The quantitative estimate of drug-likeness (QED) is 0.789. The van der Waals surface area contributed by atoms with Crippen molar-refractivity contribution in [3.8, 4) is 5.75 Å². The molecule has 0 aromatic heterocycles. The molecule has 0 radical (unpaired) electrons. The molecule has 0 aliphatic carbocycles. The van der Waals surface area contributed by atoms with E-state index in [-0.39, 0.29) is 11.7 Å². The summed E-state index contributed by atoms with van der Waals surface area (Å²) in [6.45, 7) is 4.28. The lowest BCUT2D eigenvalue weighted by atomic mass is 10.1. The van der Waals surface area contributed by atoms with Gasteiger partial charge in [-0.15, -0.1) is 0 Å². The molecule has 1 saturated heterocycles. The molecule has 18 heavy (non-hydrogen) atoms. The number of amides is 1. The highest BCUT2D eigenvalue weighted by atomic mass is 79.9. The van der Waals surface area contributed by atoms with E-state index in [2.05, 4.69) is 44.1 Å². The minimum atomic E-state index is -0.00949. The number of aromatic hydroxyl groups is 1. The molecule has 1 atom stereocenters. The predicted octanol–water partition coefficient (Wildman–Crippen LogP) is 2.35. The Morgan fingerprint density at radius 1 is 1.44 bits per heavy atom. The Morgan fingerprint density at radius 2 is 2.06 bits per heavy atom. The first kappa shape index (κ1) is 13.8. The number of phenolic OH excluding ortho intramolecular Hbond substituents is 1. The number of phenols is 1. The summed E-state index contributed by atoms with van der Waals surface area (Å²) in [5.74, 6) is 0.102. The molecule has 1 aromatic carbocycles. The van der Waals surface area contributed by atoms with Crippen LogP contribution in [-0.4, -0.2) is 41.6 Å². The topological polar surface area (TPSA) is 52.6 Å². The van der Waals surface area contributed by atoms with E-state index in [1.165, 1.54) is 0 Å². The van der Waals surface area contributed by atoms with Crippen LogP contribution in [0.5, 0.6) is 5.75 Å². The highest BCUT2D eigenvalue weighted by Gasteiger charge is 2.22. The molecule has 1 aliphatic rings. The second-order valence-electron chi connectivity index (χ2n) is 4.39. The average molecular weight is 378 g/mol. The van der Waals surface area contributed by atoms with Gasteiger partial charge in [0.1, 0.15) is 5.75 Å². The minimum absolute atomic E-state index is 0.00949. The third-order valence-electron chi connectivity index (χ3n) is 2.92. The number of hydrogen-bond donors (Lipinski definition) is 2. The first-order valence-electron chi connectivity index (χ1n) is 5.69. The molecule has 1 aliphatic heterocycles. The van der Waals surface area contributed by atoms with Gasteiger partial charge in [0.2, 0.25) is 0 Å². The Labute approximate surface area is 123 Å². The minimum Gasteiger partial charge on any atom is -0.506 e. The van der Waals surface area contributed by atoms with Crippen molar-refractivity contribution in [2.75, 3.05) is 19.6 Å². The molecule has 0 spiro atoms. The maximum Gasteiger partial charge on any atom is 0.254 e. The third kappa shape index (κ3) is 2.87. The zero-order valence-electron chi connectivity index (χ0n) is 9.91. The SMILES string of the molecule is C[C@@H]1CN(C(=O)c2cc(Br)c(O)c(Br)c2)CCN1. The van der Waals surface area contributed by atoms with Gasteiger partial charge in [-0.05, 0) is 50.9 Å². The number of carbonyl (C=O) groups is 1. The van der Waals surface area contributed by atoms with Crippen LogP contribution in [0.4, 0.5) is 0 Å². The number of benzene rings is 1. The monoisotopic (exact) mass is 376 g/mol. The molecule has 2 N–H and O–H groups in total. The van der Waals surface area contributed by atoms with Gasteiger partial charge < -0.3 is 15.3 Å². The van der Waals surface area contributed by atoms with Crippen LogP contribution < -0.4 is 5.32 Å². The van der Waals surface area contributed by atoms with Crippen LogP contribution >= 0.6 is 31.9 Å². The van der Waals surface area contributed by atoms with Gasteiger partial charge in [-0.3, -0.25) is 4.79 Å². The smallest absolute Gasteiger partial charge is 0.254 e. The lowest BCUT2D eigenvalue weighted by Crippen LogP contribution is -2.51. The van der Waals surface area contributed by atoms with Gasteiger partial charge in [0.05, 0.1) is 8.95 Å². The molecule has 6 heteroatoms. The lowest BCUT2D eigenvalue weighted by molar-refractivity contribution is 0.0709. The molecule has 0 unspecified atom stereocenters. The Hall–Kier alpha value is -0.590. The number of halogens is 2. The zero-order chi connectivity index (χ0) is 13.3. The van der Waals surface area contributed by atoms with Gasteiger partial charge in [0.15, 0.2) is 0 Å². The standard InChI is InChI=1S/C12H14Br2N2O2/c1-7-6-16(3-2-15-7)12(18)8-4-9(13)11(17)10(14)5-8/h4-5,7,15,17H,2-3,6H2,1H3/t7-/m1/s1. The van der Waals surface area contributed by atoms with E-state index >= 15 is 0 Å². The highest BCUT2D eigenvalue weighted by Crippen LogP contribution is 2.33. The van der Waals surface area contributed by atoms with Gasteiger partial charge in [-0.1, -0.05) is 0 Å². The van der Waals surface area contributed by atoms with Crippen LogP contribution in [-0.2, 0) is 0 Å². The normalized spacial score (nSPS) is 19.9. The number of nitrogens with one attached hydrogen (secondary N) is 1. The molecular formula is C12H14Br2N2O2. The van der Waals surface area contributed by atoms with Crippen molar-refractivity contribution in [2.24, 2.45) is 0 Å². The first-order valence-corrected chi connectivity index (χ1v) is 7.28. The van der Waals surface area contributed by atoms with Crippen molar-refractivity contribution < 1.29 is 9.90 Å². The van der Waals surface area contributed by atoms with E-state index in [1.807, 2.05) is 4.90 Å². The Morgan fingerprint density at radius 3 is 2.61 bits per heavy atom. The fourth-order valence-electron chi connectivity index (χ4n) is 1.99. The van der Waals surface area contributed by atoms with Crippen LogP contribution in [0.2, 0.25) is 0 Å². The summed E-state index contributed by atoms with van der Waals surface area (Å²) >= 11 is 6.48. The summed E-state index contributed by atoms with van der Waals surface area (Å²) in [6.07, 6.45) is 0. The number of rotatable bonds is 1. The summed E-state index contributed by atoms with van der Waals surface area (Å²) < 4.78 is 1.03. The fourth-order valence-corrected chi connectivity index (χ4v) is 3.17. The molecule has 0 bridgehead atoms. The molecule has 1 amide bonds. The molecule has 4 nitrogen and oxygen atoms in total. The summed E-state index contributed by atoms with van der Waals surface area (Å²) in [7, 11) is 0. The maximum absolute atomic E-state index is 12.3. The summed E-state index contributed by atoms with van der Waals surface area (Å²) in [4.78, 5) is 14.2. The van der Waals surface area contributed by atoms with Crippen molar-refractivity contribution >= 4 is 37.8 Å². The van der Waals surface area contributed by atoms with E-state index in [9.17, 15) is 9.90 Å². The van der Waals surface area contributed by atoms with E-state index < -0.39 is 0 Å². The van der Waals surface area contributed by atoms with E-state index in [0.29, 0.717) is 33.6 Å². The zero-order valence-corrected chi connectivity index (χ0v) is 13.1. The largest absolute Gasteiger partial charge is 0.506 e. The van der Waals surface area contributed by atoms with Gasteiger partial charge in [-0.25, -0.2) is 0 Å². The van der Waals surface area contributed by atoms with Gasteiger partial charge in [-0.2, -0.15) is 0 Å². The Kier molecular flexibility index (Phi) is 4.29. The fraction of sp³-hybridized carbons (Fsp3) is 0.417. The Balaban J connectivity index is 2.23. The molecule has 1 fully saturated rings. The van der Waals surface area contributed by atoms with Crippen LogP contribution in [0.3, 0.4) is 0 Å². The third-order valence-corrected chi connectivity index (χ3v) is 4.13. The Bertz CT molecular complexity index is 456. The molecule has 1 heterocycles. The van der Waals surface area contributed by atoms with Crippen molar-refractivity contribution in [3.05, 3.63) is 26.6 Å². The number of hydrogen-bond acceptors (Lipinski definition) is 3. The molecule has 0 saturated carbocycles. The average Bonchev–Trinajstić information content (AvgIpc) is 2.34. The van der Waals surface area contributed by atoms with E-state index in [4.69, 9.17) is 0 Å². The van der Waals surface area contributed by atoms with Crippen LogP contribution in [0.15, 0.2) is 21.1 Å². The molecule has 98 valence electrons. The predicted molar refractivity (Wildman–Crippen MR) is 76.9 cm³/mol. The molecule has 1 aromatic rings. The number of carbonyl (C=O) groups excluding carboxylic acids is 1. The van der Waals surface area contributed by atoms with Crippen LogP contribution in [0.1, 0.15) is 17.3 Å². The second-order valence-corrected chi connectivity index (χ2v) is 6.10. The van der Waals surface area contributed by atoms with Crippen molar-refractivity contribution in [3.63, 3.8) is 0 Å². The summed E-state index contributed by atoms with van der Waals surface area (Å²) in [6, 6.07) is 3.61. The molecule has 2 rings (SSSR count). The van der Waals surface area contributed by atoms with Crippen molar-refractivity contribution in [1.29, 1.82) is 0 Å². The lowest BCUT2D eigenvalue weighted by Gasteiger charge is -2.32. The summed E-state index contributed by atoms with van der Waals surface area (Å²) in [5.41, 5.74) is 0.570. The van der Waals surface area contributed by atoms with E-state index in [0.717, 1.165) is 6.54 Å². The van der Waals surface area contributed by atoms with Crippen LogP contribution in [0.25, 0.3) is 0 Å². The van der Waals surface area contributed by atoms with Gasteiger partial charge in [0.25, 0.3) is 5.91 Å². The van der Waals surface area contributed by atoms with Gasteiger partial charge >= 0.3 is 0 Å². The highest BCUT2D eigenvalue weighted by molar-refractivity contribution is 9.11. The van der Waals surface area contributed by atoms with Crippen LogP contribution in [0, 0.1) is 0 Å². The first-order chi connectivity index (χ1) is 8.49. The maximum atomic E-state index is 12.3. The molecular weight excluding hydrogens is 364 g/mol.